The average molecular weight is 356 g/mol. The second-order valence-corrected chi connectivity index (χ2v) is 6.27. The normalized spacial score (nSPS) is 13.0. The van der Waals surface area contributed by atoms with Crippen molar-refractivity contribution in [2.75, 3.05) is 6.61 Å². The van der Waals surface area contributed by atoms with Crippen LogP contribution in [0.1, 0.15) is 25.8 Å². The molecule has 0 fully saturated rings. The molecular weight excluding hydrogens is 332 g/mol. The minimum Gasteiger partial charge on any atom is -0.466 e. The number of carbonyl (C=O) groups is 3. The summed E-state index contributed by atoms with van der Waals surface area (Å²) in [6, 6.07) is 12.7. The van der Waals surface area contributed by atoms with Gasteiger partial charge in [-0.3, -0.25) is 14.4 Å². The number of esters is 1. The van der Waals surface area contributed by atoms with Gasteiger partial charge in [-0.25, -0.2) is 0 Å². The molecule has 0 heterocycles. The quantitative estimate of drug-likeness (QED) is 0.706. The standard InChI is InChI=1S/C20H24N2O4/c1-3-26-20(25)13(2)10-17(19(21)24)22-18(23)12-14-8-9-15-6-4-5-7-16(15)11-14/h4-9,11,13,17H,3,10,12H2,1-2H3,(H2,21,24)(H,22,23)/t13-,17-/m0/s1. The van der Waals surface area contributed by atoms with Crippen molar-refractivity contribution in [3.63, 3.8) is 0 Å². The van der Waals surface area contributed by atoms with Crippen molar-refractivity contribution in [3.8, 4) is 0 Å². The second kappa shape index (κ2) is 8.99. The van der Waals surface area contributed by atoms with Crippen LogP contribution in [0.5, 0.6) is 0 Å². The summed E-state index contributed by atoms with van der Waals surface area (Å²) in [7, 11) is 0. The summed E-state index contributed by atoms with van der Waals surface area (Å²) in [4.78, 5) is 35.7. The third-order valence-electron chi connectivity index (χ3n) is 4.14. The first-order chi connectivity index (χ1) is 12.4. The van der Waals surface area contributed by atoms with E-state index in [0.717, 1.165) is 16.3 Å². The Morgan fingerprint density at radius 3 is 2.46 bits per heavy atom. The number of benzene rings is 2. The van der Waals surface area contributed by atoms with E-state index in [0.29, 0.717) is 0 Å². The molecule has 0 saturated heterocycles. The first-order valence-corrected chi connectivity index (χ1v) is 8.63. The lowest BCUT2D eigenvalue weighted by atomic mass is 10.0. The molecule has 6 nitrogen and oxygen atoms in total. The zero-order valence-electron chi connectivity index (χ0n) is 15.0. The lowest BCUT2D eigenvalue weighted by molar-refractivity contribution is -0.148. The molecule has 0 aromatic heterocycles. The number of hydrogen-bond donors (Lipinski definition) is 2. The van der Waals surface area contributed by atoms with E-state index >= 15 is 0 Å². The smallest absolute Gasteiger partial charge is 0.308 e. The minimum absolute atomic E-state index is 0.109. The molecule has 0 spiro atoms. The molecule has 0 aliphatic heterocycles. The maximum Gasteiger partial charge on any atom is 0.308 e. The van der Waals surface area contributed by atoms with Gasteiger partial charge in [-0.1, -0.05) is 49.4 Å². The van der Waals surface area contributed by atoms with Gasteiger partial charge in [0.1, 0.15) is 6.04 Å². The largest absolute Gasteiger partial charge is 0.466 e. The van der Waals surface area contributed by atoms with Gasteiger partial charge in [0.2, 0.25) is 11.8 Å². The number of rotatable bonds is 8. The number of amides is 2. The van der Waals surface area contributed by atoms with Crippen LogP contribution in [0.15, 0.2) is 42.5 Å². The summed E-state index contributed by atoms with van der Waals surface area (Å²) in [5.41, 5.74) is 6.21. The molecule has 2 rings (SSSR count). The lowest BCUT2D eigenvalue weighted by Crippen LogP contribution is -2.46. The van der Waals surface area contributed by atoms with E-state index in [4.69, 9.17) is 10.5 Å². The van der Waals surface area contributed by atoms with Crippen molar-refractivity contribution >= 4 is 28.6 Å². The zero-order chi connectivity index (χ0) is 19.1. The fourth-order valence-corrected chi connectivity index (χ4v) is 2.76. The Kier molecular flexibility index (Phi) is 6.72. The Labute approximate surface area is 152 Å². The molecular formula is C20H24N2O4. The number of nitrogens with one attached hydrogen (secondary N) is 1. The Balaban J connectivity index is 2.00. The van der Waals surface area contributed by atoms with E-state index in [-0.39, 0.29) is 25.4 Å². The van der Waals surface area contributed by atoms with Gasteiger partial charge in [-0.2, -0.15) is 0 Å². The monoisotopic (exact) mass is 356 g/mol. The van der Waals surface area contributed by atoms with Crippen LogP contribution in [-0.2, 0) is 25.5 Å². The van der Waals surface area contributed by atoms with E-state index in [2.05, 4.69) is 5.32 Å². The molecule has 0 aliphatic carbocycles. The molecule has 0 saturated carbocycles. The molecule has 6 heteroatoms. The topological polar surface area (TPSA) is 98.5 Å². The van der Waals surface area contributed by atoms with Crippen molar-refractivity contribution in [2.45, 2.75) is 32.7 Å². The molecule has 2 aromatic rings. The van der Waals surface area contributed by atoms with Gasteiger partial charge in [0.15, 0.2) is 0 Å². The van der Waals surface area contributed by atoms with Crippen molar-refractivity contribution in [3.05, 3.63) is 48.0 Å². The molecule has 138 valence electrons. The van der Waals surface area contributed by atoms with Crippen LogP contribution in [0.3, 0.4) is 0 Å². The average Bonchev–Trinajstić information content (AvgIpc) is 2.61. The number of ether oxygens (including phenoxy) is 1. The van der Waals surface area contributed by atoms with Gasteiger partial charge >= 0.3 is 5.97 Å². The molecule has 0 radical (unpaired) electrons. The maximum atomic E-state index is 12.3. The summed E-state index contributed by atoms with van der Waals surface area (Å²) in [5, 5.41) is 4.75. The van der Waals surface area contributed by atoms with Gasteiger partial charge in [0.25, 0.3) is 0 Å². The summed E-state index contributed by atoms with van der Waals surface area (Å²) >= 11 is 0. The Bertz CT molecular complexity index is 803. The van der Waals surface area contributed by atoms with E-state index in [9.17, 15) is 14.4 Å². The third-order valence-corrected chi connectivity index (χ3v) is 4.14. The fraction of sp³-hybridized carbons (Fsp3) is 0.350. The number of fused-ring (bicyclic) bond motifs is 1. The Morgan fingerprint density at radius 1 is 1.12 bits per heavy atom. The second-order valence-electron chi connectivity index (χ2n) is 6.27. The number of carbonyl (C=O) groups excluding carboxylic acids is 3. The summed E-state index contributed by atoms with van der Waals surface area (Å²) in [6.45, 7) is 3.61. The fourth-order valence-electron chi connectivity index (χ4n) is 2.76. The maximum absolute atomic E-state index is 12.3. The van der Waals surface area contributed by atoms with Crippen LogP contribution in [0, 0.1) is 5.92 Å². The number of nitrogens with two attached hydrogens (primary N) is 1. The van der Waals surface area contributed by atoms with Gasteiger partial charge in [0.05, 0.1) is 18.9 Å². The van der Waals surface area contributed by atoms with E-state index in [1.165, 1.54) is 0 Å². The summed E-state index contributed by atoms with van der Waals surface area (Å²) < 4.78 is 4.92. The third kappa shape index (κ3) is 5.31. The number of hydrogen-bond acceptors (Lipinski definition) is 4. The molecule has 3 N–H and O–H groups in total. The molecule has 0 unspecified atom stereocenters. The molecule has 2 amide bonds. The first kappa shape index (κ1) is 19.4. The van der Waals surface area contributed by atoms with Crippen LogP contribution >= 0.6 is 0 Å². The minimum atomic E-state index is -0.914. The van der Waals surface area contributed by atoms with E-state index in [1.807, 2.05) is 42.5 Å². The zero-order valence-corrected chi connectivity index (χ0v) is 15.0. The molecule has 2 atom stereocenters. The van der Waals surface area contributed by atoms with Crippen molar-refractivity contribution in [1.29, 1.82) is 0 Å². The van der Waals surface area contributed by atoms with Crippen molar-refractivity contribution in [1.82, 2.24) is 5.32 Å². The highest BCUT2D eigenvalue weighted by molar-refractivity contribution is 5.89. The van der Waals surface area contributed by atoms with Gasteiger partial charge < -0.3 is 15.8 Å². The Morgan fingerprint density at radius 2 is 1.81 bits per heavy atom. The predicted molar refractivity (Wildman–Crippen MR) is 99.2 cm³/mol. The molecule has 26 heavy (non-hydrogen) atoms. The molecule has 0 bridgehead atoms. The first-order valence-electron chi connectivity index (χ1n) is 8.63. The highest BCUT2D eigenvalue weighted by Gasteiger charge is 2.25. The van der Waals surface area contributed by atoms with Crippen LogP contribution in [0.25, 0.3) is 10.8 Å². The van der Waals surface area contributed by atoms with Gasteiger partial charge in [0, 0.05) is 0 Å². The summed E-state index contributed by atoms with van der Waals surface area (Å²) in [5.74, 6) is -1.94. The van der Waals surface area contributed by atoms with Crippen LogP contribution < -0.4 is 11.1 Å². The Hall–Kier alpha value is -2.89. The molecule has 2 aromatic carbocycles. The highest BCUT2D eigenvalue weighted by atomic mass is 16.5. The van der Waals surface area contributed by atoms with Crippen LogP contribution in [0.2, 0.25) is 0 Å². The number of primary amides is 1. The van der Waals surface area contributed by atoms with Crippen molar-refractivity contribution < 1.29 is 19.1 Å². The summed E-state index contributed by atoms with van der Waals surface area (Å²) in [6.07, 6.45) is 0.236. The SMILES string of the molecule is CCOC(=O)[C@@H](C)C[C@H](NC(=O)Cc1ccc2ccccc2c1)C(N)=O. The molecule has 0 aliphatic rings. The van der Waals surface area contributed by atoms with Crippen molar-refractivity contribution in [2.24, 2.45) is 11.7 Å². The highest BCUT2D eigenvalue weighted by Crippen LogP contribution is 2.16. The predicted octanol–water partition coefficient (Wildman–Crippen LogP) is 1.94. The van der Waals surface area contributed by atoms with E-state index in [1.54, 1.807) is 13.8 Å². The van der Waals surface area contributed by atoms with E-state index < -0.39 is 23.8 Å². The van der Waals surface area contributed by atoms with Gasteiger partial charge in [-0.15, -0.1) is 0 Å². The van der Waals surface area contributed by atoms with Crippen LogP contribution in [-0.4, -0.2) is 30.4 Å². The van der Waals surface area contributed by atoms with Crippen LogP contribution in [0.4, 0.5) is 0 Å². The van der Waals surface area contributed by atoms with Gasteiger partial charge in [-0.05, 0) is 29.7 Å². The lowest BCUT2D eigenvalue weighted by Gasteiger charge is -2.19.